The Hall–Kier alpha value is -3.25. The molecule has 0 saturated carbocycles. The van der Waals surface area contributed by atoms with Crippen molar-refractivity contribution in [2.75, 3.05) is 19.6 Å². The van der Waals surface area contributed by atoms with Crippen molar-refractivity contribution < 1.29 is 31.2 Å². The molecule has 2 aromatic rings. The van der Waals surface area contributed by atoms with Crippen molar-refractivity contribution >= 4 is 37.5 Å². The van der Waals surface area contributed by atoms with E-state index in [0.29, 0.717) is 18.4 Å². The normalized spacial score (nSPS) is 12.8. The lowest BCUT2D eigenvalue weighted by Crippen LogP contribution is -2.24. The van der Waals surface area contributed by atoms with Crippen LogP contribution in [0.3, 0.4) is 0 Å². The minimum absolute atomic E-state index is 0.0900. The number of amides is 1. The summed E-state index contributed by atoms with van der Waals surface area (Å²) in [6.45, 7) is 12.1. The summed E-state index contributed by atoms with van der Waals surface area (Å²) >= 11 is 0. The van der Waals surface area contributed by atoms with E-state index in [-0.39, 0.29) is 33.1 Å². The van der Waals surface area contributed by atoms with Crippen LogP contribution >= 0.6 is 0 Å². The fourth-order valence-corrected chi connectivity index (χ4v) is 7.33. The third-order valence-corrected chi connectivity index (χ3v) is 10.2. The van der Waals surface area contributed by atoms with Crippen molar-refractivity contribution in [2.45, 2.75) is 115 Å². The SMILES string of the molecule is CCCCC(C)c1cc(CC)c(C(=O)N=C(N)N)cc1S(C)(=O)=O.CCCCC(C)c1cc(CC)c(C(=O)OC)cc1S(C)(=O)=O. The zero-order chi connectivity index (χ0) is 35.4. The van der Waals surface area contributed by atoms with Crippen molar-refractivity contribution in [3.63, 3.8) is 0 Å². The largest absolute Gasteiger partial charge is 0.465 e. The minimum Gasteiger partial charge on any atom is -0.465 e. The number of carbonyl (C=O) groups excluding carboxylic acids is 2. The number of guanidine groups is 1. The fourth-order valence-electron chi connectivity index (χ4n) is 5.29. The number of aryl methyl sites for hydroxylation is 2. The van der Waals surface area contributed by atoms with Crippen LogP contribution < -0.4 is 11.5 Å². The van der Waals surface area contributed by atoms with Crippen molar-refractivity contribution in [3.8, 4) is 0 Å². The molecule has 0 aliphatic carbocycles. The number of hydrogen-bond acceptors (Lipinski definition) is 7. The van der Waals surface area contributed by atoms with Crippen LogP contribution in [0.25, 0.3) is 0 Å². The minimum atomic E-state index is -3.48. The van der Waals surface area contributed by atoms with Crippen LogP contribution in [0, 0.1) is 0 Å². The molecule has 46 heavy (non-hydrogen) atoms. The van der Waals surface area contributed by atoms with Crippen LogP contribution in [-0.4, -0.2) is 54.3 Å². The van der Waals surface area contributed by atoms with Crippen molar-refractivity contribution in [1.29, 1.82) is 0 Å². The van der Waals surface area contributed by atoms with E-state index in [9.17, 15) is 26.4 Å². The van der Waals surface area contributed by atoms with Crippen LogP contribution in [0.5, 0.6) is 0 Å². The first-order valence-electron chi connectivity index (χ1n) is 15.8. The molecule has 0 saturated heterocycles. The Bertz CT molecular complexity index is 1610. The van der Waals surface area contributed by atoms with E-state index < -0.39 is 31.6 Å². The van der Waals surface area contributed by atoms with Crippen LogP contribution in [0.15, 0.2) is 39.0 Å². The zero-order valence-corrected chi connectivity index (χ0v) is 30.5. The second-order valence-corrected chi connectivity index (χ2v) is 15.7. The summed E-state index contributed by atoms with van der Waals surface area (Å²) in [6.07, 6.45) is 9.57. The number of unbranched alkanes of at least 4 members (excludes halogenated alkanes) is 2. The van der Waals surface area contributed by atoms with Crippen LogP contribution in [0.2, 0.25) is 0 Å². The number of benzene rings is 2. The predicted molar refractivity (Wildman–Crippen MR) is 185 cm³/mol. The molecular weight excluding hydrogens is 627 g/mol. The molecule has 2 rings (SSSR count). The predicted octanol–water partition coefficient (Wildman–Crippen LogP) is 6.09. The quantitative estimate of drug-likeness (QED) is 0.136. The van der Waals surface area contributed by atoms with Crippen molar-refractivity contribution in [1.82, 2.24) is 0 Å². The van der Waals surface area contributed by atoms with Gasteiger partial charge < -0.3 is 16.2 Å². The summed E-state index contributed by atoms with van der Waals surface area (Å²) in [4.78, 5) is 28.1. The Balaban J connectivity index is 0.000000462. The van der Waals surface area contributed by atoms with Crippen LogP contribution in [0.1, 0.15) is 135 Å². The third-order valence-electron chi connectivity index (χ3n) is 7.94. The first-order chi connectivity index (χ1) is 21.4. The molecule has 4 N–H and O–H groups in total. The summed E-state index contributed by atoms with van der Waals surface area (Å²) in [5.41, 5.74) is 14.3. The van der Waals surface area contributed by atoms with Gasteiger partial charge in [0.2, 0.25) is 0 Å². The van der Waals surface area contributed by atoms with E-state index in [0.717, 1.165) is 67.0 Å². The molecule has 0 aliphatic heterocycles. The van der Waals surface area contributed by atoms with Gasteiger partial charge >= 0.3 is 5.97 Å². The standard InChI is InChI=1S/C17H27N3O3S.C17H26O4S/c1-5-7-8-11(3)13-9-12(6-2)14(16(21)20-17(18)19)10-15(13)24(4,22)23;1-6-8-9-12(3)14-10-13(7-2)15(17(18)21-4)11-16(14)22(5,19)20/h9-11H,5-8H2,1-4H3,(H4,18,19,20,21);10-12H,6-9H2,1-5H3. The smallest absolute Gasteiger partial charge is 0.338 e. The lowest BCUT2D eigenvalue weighted by Gasteiger charge is -2.18. The second-order valence-electron chi connectivity index (χ2n) is 11.8. The highest BCUT2D eigenvalue weighted by molar-refractivity contribution is 7.91. The van der Waals surface area contributed by atoms with E-state index in [1.807, 2.05) is 39.8 Å². The highest BCUT2D eigenvalue weighted by Crippen LogP contribution is 2.33. The van der Waals surface area contributed by atoms with E-state index in [1.165, 1.54) is 25.5 Å². The van der Waals surface area contributed by atoms with Gasteiger partial charge in [0.15, 0.2) is 25.6 Å². The number of nitrogens with two attached hydrogens (primary N) is 2. The second kappa shape index (κ2) is 18.2. The van der Waals surface area contributed by atoms with Gasteiger partial charge in [-0.3, -0.25) is 4.79 Å². The van der Waals surface area contributed by atoms with E-state index in [1.54, 1.807) is 0 Å². The summed E-state index contributed by atoms with van der Waals surface area (Å²) in [5.74, 6) is -1.23. The number of ether oxygens (including phenoxy) is 1. The molecule has 0 aromatic heterocycles. The fraction of sp³-hybridized carbons (Fsp3) is 0.559. The summed E-state index contributed by atoms with van der Waals surface area (Å²) in [6, 6.07) is 6.58. The number of hydrogen-bond donors (Lipinski definition) is 2. The molecular formula is C34H53N3O7S2. The molecule has 0 bridgehead atoms. The first kappa shape index (κ1) is 40.8. The summed E-state index contributed by atoms with van der Waals surface area (Å²) < 4.78 is 53.5. The molecule has 2 unspecified atom stereocenters. The van der Waals surface area contributed by atoms with Gasteiger partial charge in [-0.15, -0.1) is 0 Å². The lowest BCUT2D eigenvalue weighted by molar-refractivity contribution is 0.0599. The number of nitrogens with zero attached hydrogens (tertiary/aromatic N) is 1. The number of aliphatic imine (C=N–C) groups is 1. The third kappa shape index (κ3) is 11.5. The van der Waals surface area contributed by atoms with Gasteiger partial charge in [-0.25, -0.2) is 21.6 Å². The van der Waals surface area contributed by atoms with Crippen molar-refractivity contribution in [3.05, 3.63) is 57.6 Å². The molecule has 1 amide bonds. The van der Waals surface area contributed by atoms with E-state index >= 15 is 0 Å². The summed E-state index contributed by atoms with van der Waals surface area (Å²) in [7, 11) is -5.57. The summed E-state index contributed by atoms with van der Waals surface area (Å²) in [5, 5.41) is 0. The highest BCUT2D eigenvalue weighted by Gasteiger charge is 2.24. The van der Waals surface area contributed by atoms with Gasteiger partial charge in [0.05, 0.1) is 22.5 Å². The molecule has 0 fully saturated rings. The zero-order valence-electron chi connectivity index (χ0n) is 28.9. The Labute approximate surface area is 276 Å². The van der Waals surface area contributed by atoms with Gasteiger partial charge in [-0.1, -0.05) is 79.4 Å². The highest BCUT2D eigenvalue weighted by atomic mass is 32.2. The molecule has 0 radical (unpaired) electrons. The Morgan fingerprint density at radius 2 is 1.13 bits per heavy atom. The Kier molecular flexibility index (Phi) is 16.1. The van der Waals surface area contributed by atoms with Gasteiger partial charge in [-0.2, -0.15) is 4.99 Å². The Morgan fingerprint density at radius 1 is 0.739 bits per heavy atom. The number of carbonyl (C=O) groups is 2. The van der Waals surface area contributed by atoms with Crippen molar-refractivity contribution in [2.24, 2.45) is 16.5 Å². The molecule has 2 atom stereocenters. The molecule has 2 aromatic carbocycles. The number of rotatable bonds is 14. The van der Waals surface area contributed by atoms with E-state index in [2.05, 4.69) is 18.8 Å². The lowest BCUT2D eigenvalue weighted by atomic mass is 9.91. The van der Waals surface area contributed by atoms with Crippen LogP contribution in [0.4, 0.5) is 0 Å². The first-order valence-corrected chi connectivity index (χ1v) is 19.6. The topological polar surface area (TPSA) is 176 Å². The molecule has 258 valence electrons. The van der Waals surface area contributed by atoms with Crippen LogP contribution in [-0.2, 0) is 37.3 Å². The molecule has 12 heteroatoms. The molecule has 0 spiro atoms. The van der Waals surface area contributed by atoms with E-state index in [4.69, 9.17) is 16.2 Å². The van der Waals surface area contributed by atoms with Gasteiger partial charge in [0.1, 0.15) is 0 Å². The Morgan fingerprint density at radius 3 is 1.46 bits per heavy atom. The maximum absolute atomic E-state index is 12.2. The number of sulfone groups is 2. The molecule has 0 heterocycles. The van der Waals surface area contributed by atoms with Gasteiger partial charge in [0, 0.05) is 18.1 Å². The average molecular weight is 680 g/mol. The maximum Gasteiger partial charge on any atom is 0.338 e. The number of methoxy groups -OCH3 is 1. The molecule has 10 nitrogen and oxygen atoms in total. The molecule has 0 aliphatic rings. The number of esters is 1. The average Bonchev–Trinajstić information content (AvgIpc) is 2.99. The maximum atomic E-state index is 12.2. The van der Waals surface area contributed by atoms with Gasteiger partial charge in [-0.05, 0) is 71.9 Å². The van der Waals surface area contributed by atoms with Gasteiger partial charge in [0.25, 0.3) is 5.91 Å². The monoisotopic (exact) mass is 679 g/mol.